The van der Waals surface area contributed by atoms with E-state index in [1.807, 2.05) is 61.5 Å². The summed E-state index contributed by atoms with van der Waals surface area (Å²) in [7, 11) is 0. The SMILES string of the molecule is CCOCCOC(=O)C1=C(C)NC(=O)N[C@H]1c1ccccc1OCc1ccccc1. The molecule has 0 aromatic heterocycles. The number of urea groups is 1. The predicted octanol–water partition coefficient (Wildman–Crippen LogP) is 3.47. The fourth-order valence-electron chi connectivity index (χ4n) is 3.20. The zero-order valence-corrected chi connectivity index (χ0v) is 17.1. The van der Waals surface area contributed by atoms with E-state index in [1.165, 1.54) is 0 Å². The van der Waals surface area contributed by atoms with Crippen LogP contribution in [0, 0.1) is 0 Å². The van der Waals surface area contributed by atoms with Crippen molar-refractivity contribution in [3.8, 4) is 5.75 Å². The van der Waals surface area contributed by atoms with Crippen LogP contribution in [0.25, 0.3) is 0 Å². The van der Waals surface area contributed by atoms with E-state index in [1.54, 1.807) is 6.92 Å². The van der Waals surface area contributed by atoms with Crippen molar-refractivity contribution in [2.45, 2.75) is 26.5 Å². The molecule has 1 heterocycles. The summed E-state index contributed by atoms with van der Waals surface area (Å²) in [6, 6.07) is 16.0. The highest BCUT2D eigenvalue weighted by atomic mass is 16.6. The van der Waals surface area contributed by atoms with Crippen LogP contribution in [0.15, 0.2) is 65.9 Å². The smallest absolute Gasteiger partial charge is 0.338 e. The van der Waals surface area contributed by atoms with Crippen LogP contribution >= 0.6 is 0 Å². The normalized spacial score (nSPS) is 15.9. The number of para-hydroxylation sites is 1. The first-order valence-electron chi connectivity index (χ1n) is 9.89. The Morgan fingerprint density at radius 2 is 1.77 bits per heavy atom. The van der Waals surface area contributed by atoms with Crippen molar-refractivity contribution in [1.82, 2.24) is 10.6 Å². The summed E-state index contributed by atoms with van der Waals surface area (Å²) in [6.07, 6.45) is 0. The lowest BCUT2D eigenvalue weighted by Gasteiger charge is -2.29. The molecule has 0 radical (unpaired) electrons. The van der Waals surface area contributed by atoms with Crippen molar-refractivity contribution in [3.63, 3.8) is 0 Å². The van der Waals surface area contributed by atoms with Gasteiger partial charge in [-0.25, -0.2) is 9.59 Å². The van der Waals surface area contributed by atoms with Gasteiger partial charge in [-0.1, -0.05) is 48.5 Å². The number of ether oxygens (including phenoxy) is 3. The van der Waals surface area contributed by atoms with Gasteiger partial charge in [-0.15, -0.1) is 0 Å². The predicted molar refractivity (Wildman–Crippen MR) is 112 cm³/mol. The molecule has 7 heteroatoms. The Balaban J connectivity index is 1.83. The van der Waals surface area contributed by atoms with Gasteiger partial charge in [0.2, 0.25) is 0 Å². The molecule has 1 atom stereocenters. The van der Waals surface area contributed by atoms with Crippen molar-refractivity contribution in [2.75, 3.05) is 19.8 Å². The molecule has 0 unspecified atom stereocenters. The van der Waals surface area contributed by atoms with E-state index in [2.05, 4.69) is 10.6 Å². The summed E-state index contributed by atoms with van der Waals surface area (Å²) in [4.78, 5) is 24.9. The van der Waals surface area contributed by atoms with Crippen molar-refractivity contribution in [1.29, 1.82) is 0 Å². The zero-order chi connectivity index (χ0) is 21.3. The molecule has 2 aromatic rings. The number of rotatable bonds is 9. The minimum atomic E-state index is -0.690. The van der Waals surface area contributed by atoms with Gasteiger partial charge in [-0.05, 0) is 25.5 Å². The summed E-state index contributed by atoms with van der Waals surface area (Å²) >= 11 is 0. The number of benzene rings is 2. The fraction of sp³-hybridized carbons (Fsp3) is 0.304. The number of carbonyl (C=O) groups excluding carboxylic acids is 2. The van der Waals surface area contributed by atoms with Gasteiger partial charge < -0.3 is 24.8 Å². The molecule has 0 spiro atoms. The van der Waals surface area contributed by atoms with E-state index >= 15 is 0 Å². The minimum Gasteiger partial charge on any atom is -0.489 e. The lowest BCUT2D eigenvalue weighted by molar-refractivity contribution is -0.141. The van der Waals surface area contributed by atoms with Crippen LogP contribution in [-0.4, -0.2) is 31.8 Å². The molecule has 1 aliphatic rings. The molecule has 2 aromatic carbocycles. The number of esters is 1. The standard InChI is InChI=1S/C23H26N2O5/c1-3-28-13-14-29-22(26)20-16(2)24-23(27)25-21(20)18-11-7-8-12-19(18)30-15-17-9-5-4-6-10-17/h4-12,21H,3,13-15H2,1-2H3,(H2,24,25,27)/t21-/m0/s1. The summed E-state index contributed by atoms with van der Waals surface area (Å²) in [5.41, 5.74) is 2.48. The highest BCUT2D eigenvalue weighted by Crippen LogP contribution is 2.33. The van der Waals surface area contributed by atoms with Crippen molar-refractivity contribution >= 4 is 12.0 Å². The molecule has 0 saturated carbocycles. The second kappa shape index (κ2) is 10.5. The van der Waals surface area contributed by atoms with Crippen LogP contribution in [-0.2, 0) is 20.9 Å². The topological polar surface area (TPSA) is 85.9 Å². The second-order valence-corrected chi connectivity index (χ2v) is 6.72. The zero-order valence-electron chi connectivity index (χ0n) is 17.1. The Hall–Kier alpha value is -3.32. The van der Waals surface area contributed by atoms with Crippen LogP contribution in [0.2, 0.25) is 0 Å². The number of nitrogens with one attached hydrogen (secondary N) is 2. The Bertz CT molecular complexity index is 911. The van der Waals surface area contributed by atoms with Crippen molar-refractivity contribution < 1.29 is 23.8 Å². The highest BCUT2D eigenvalue weighted by molar-refractivity contribution is 5.95. The van der Waals surface area contributed by atoms with Crippen LogP contribution in [0.4, 0.5) is 4.79 Å². The van der Waals surface area contributed by atoms with E-state index < -0.39 is 12.0 Å². The quantitative estimate of drug-likeness (QED) is 0.488. The van der Waals surface area contributed by atoms with Gasteiger partial charge >= 0.3 is 12.0 Å². The van der Waals surface area contributed by atoms with Gasteiger partial charge in [0.15, 0.2) is 0 Å². The van der Waals surface area contributed by atoms with E-state index in [-0.39, 0.29) is 12.6 Å². The molecule has 1 aliphatic heterocycles. The van der Waals surface area contributed by atoms with Gasteiger partial charge in [0.1, 0.15) is 19.0 Å². The van der Waals surface area contributed by atoms with Gasteiger partial charge in [0, 0.05) is 17.9 Å². The maximum absolute atomic E-state index is 12.8. The monoisotopic (exact) mass is 410 g/mol. The summed E-state index contributed by atoms with van der Waals surface area (Å²) < 4.78 is 16.6. The molecule has 7 nitrogen and oxygen atoms in total. The molecule has 3 rings (SSSR count). The van der Waals surface area contributed by atoms with E-state index in [9.17, 15) is 9.59 Å². The van der Waals surface area contributed by atoms with E-state index in [0.29, 0.717) is 42.4 Å². The van der Waals surface area contributed by atoms with Crippen molar-refractivity contribution in [3.05, 3.63) is 77.0 Å². The third-order valence-electron chi connectivity index (χ3n) is 4.62. The molecular weight excluding hydrogens is 384 g/mol. The third-order valence-corrected chi connectivity index (χ3v) is 4.62. The molecule has 0 saturated heterocycles. The average Bonchev–Trinajstić information content (AvgIpc) is 2.75. The number of hydrogen-bond donors (Lipinski definition) is 2. The minimum absolute atomic E-state index is 0.135. The Morgan fingerprint density at radius 1 is 1.03 bits per heavy atom. The first kappa shape index (κ1) is 21.4. The fourth-order valence-corrected chi connectivity index (χ4v) is 3.20. The second-order valence-electron chi connectivity index (χ2n) is 6.72. The van der Waals surface area contributed by atoms with Gasteiger partial charge in [0.25, 0.3) is 0 Å². The maximum Gasteiger partial charge on any atom is 0.338 e. The van der Waals surface area contributed by atoms with E-state index in [0.717, 1.165) is 5.56 Å². The summed E-state index contributed by atoms with van der Waals surface area (Å²) in [6.45, 7) is 4.92. The Labute approximate surface area is 176 Å². The molecule has 0 bridgehead atoms. The van der Waals surface area contributed by atoms with Crippen LogP contribution < -0.4 is 15.4 Å². The van der Waals surface area contributed by atoms with Gasteiger partial charge in [0.05, 0.1) is 18.2 Å². The van der Waals surface area contributed by atoms with E-state index in [4.69, 9.17) is 14.2 Å². The number of allylic oxidation sites excluding steroid dienone is 1. The number of hydrogen-bond acceptors (Lipinski definition) is 5. The van der Waals surface area contributed by atoms with Crippen LogP contribution in [0.5, 0.6) is 5.75 Å². The lowest BCUT2D eigenvalue weighted by atomic mass is 9.95. The molecule has 158 valence electrons. The summed E-state index contributed by atoms with van der Waals surface area (Å²) in [5.74, 6) is 0.0727. The average molecular weight is 410 g/mol. The van der Waals surface area contributed by atoms with Crippen LogP contribution in [0.1, 0.15) is 31.0 Å². The summed E-state index contributed by atoms with van der Waals surface area (Å²) in [5, 5.41) is 5.46. The molecule has 0 aliphatic carbocycles. The molecule has 30 heavy (non-hydrogen) atoms. The molecular formula is C23H26N2O5. The highest BCUT2D eigenvalue weighted by Gasteiger charge is 2.33. The Kier molecular flexibility index (Phi) is 7.45. The largest absolute Gasteiger partial charge is 0.489 e. The Morgan fingerprint density at radius 3 is 2.53 bits per heavy atom. The maximum atomic E-state index is 12.8. The number of amides is 2. The first-order valence-corrected chi connectivity index (χ1v) is 9.89. The lowest BCUT2D eigenvalue weighted by Crippen LogP contribution is -2.45. The molecule has 0 fully saturated rings. The first-order chi connectivity index (χ1) is 14.6. The van der Waals surface area contributed by atoms with Crippen molar-refractivity contribution in [2.24, 2.45) is 0 Å². The number of carbonyl (C=O) groups is 2. The van der Waals surface area contributed by atoms with Crippen LogP contribution in [0.3, 0.4) is 0 Å². The van der Waals surface area contributed by atoms with Gasteiger partial charge in [-0.3, -0.25) is 0 Å². The molecule has 2 amide bonds. The third kappa shape index (κ3) is 5.39. The van der Waals surface area contributed by atoms with Gasteiger partial charge in [-0.2, -0.15) is 0 Å². The molecule has 2 N–H and O–H groups in total.